The number of methoxy groups -OCH3 is 1. The normalized spacial score (nSPS) is 18.1. The lowest BCUT2D eigenvalue weighted by Crippen LogP contribution is -2.54. The Balaban J connectivity index is 0.00000220. The molecule has 0 heterocycles. The zero-order chi connectivity index (χ0) is 14.8. The lowest BCUT2D eigenvalue weighted by atomic mass is 9.93. The van der Waals surface area contributed by atoms with Crippen LogP contribution < -0.4 is 15.8 Å². The number of halogens is 1. The van der Waals surface area contributed by atoms with Gasteiger partial charge in [-0.2, -0.15) is 0 Å². The Labute approximate surface area is 132 Å². The molecule has 1 fully saturated rings. The Morgan fingerprint density at radius 2 is 2.19 bits per heavy atom. The van der Waals surface area contributed by atoms with Crippen molar-refractivity contribution in [2.24, 2.45) is 11.7 Å². The van der Waals surface area contributed by atoms with Crippen LogP contribution in [0.25, 0.3) is 0 Å². The number of ether oxygens (including phenoxy) is 1. The SMILES string of the molecule is COc1cccc(C(C)C(=O)NC(C)(CN)C2CC2)c1.Cl. The molecule has 21 heavy (non-hydrogen) atoms. The highest BCUT2D eigenvalue weighted by Crippen LogP contribution is 2.39. The summed E-state index contributed by atoms with van der Waals surface area (Å²) in [6.07, 6.45) is 2.31. The van der Waals surface area contributed by atoms with Crippen LogP contribution in [0.3, 0.4) is 0 Å². The van der Waals surface area contributed by atoms with E-state index < -0.39 is 0 Å². The van der Waals surface area contributed by atoms with Crippen LogP contribution in [-0.4, -0.2) is 25.1 Å². The summed E-state index contributed by atoms with van der Waals surface area (Å²) in [7, 11) is 1.63. The molecule has 5 heteroatoms. The molecule has 1 aromatic carbocycles. The van der Waals surface area contributed by atoms with Crippen molar-refractivity contribution in [2.75, 3.05) is 13.7 Å². The van der Waals surface area contributed by atoms with Crippen molar-refractivity contribution >= 4 is 18.3 Å². The monoisotopic (exact) mass is 312 g/mol. The van der Waals surface area contributed by atoms with E-state index in [1.165, 1.54) is 0 Å². The minimum absolute atomic E-state index is 0. The molecule has 1 aliphatic carbocycles. The molecule has 0 bridgehead atoms. The van der Waals surface area contributed by atoms with Crippen LogP contribution in [0.5, 0.6) is 5.75 Å². The van der Waals surface area contributed by atoms with Crippen LogP contribution in [0.2, 0.25) is 0 Å². The zero-order valence-electron chi connectivity index (χ0n) is 12.9. The maximum absolute atomic E-state index is 12.4. The molecule has 2 atom stereocenters. The molecule has 1 aliphatic rings. The molecule has 2 rings (SSSR count). The van der Waals surface area contributed by atoms with E-state index in [0.29, 0.717) is 12.5 Å². The van der Waals surface area contributed by atoms with Gasteiger partial charge in [0.15, 0.2) is 0 Å². The minimum atomic E-state index is -0.274. The summed E-state index contributed by atoms with van der Waals surface area (Å²) in [4.78, 5) is 12.4. The first-order valence-corrected chi connectivity index (χ1v) is 7.16. The molecule has 1 saturated carbocycles. The van der Waals surface area contributed by atoms with E-state index in [1.807, 2.05) is 38.1 Å². The largest absolute Gasteiger partial charge is 0.497 e. The fourth-order valence-corrected chi connectivity index (χ4v) is 2.49. The number of amides is 1. The maximum Gasteiger partial charge on any atom is 0.227 e. The lowest BCUT2D eigenvalue weighted by Gasteiger charge is -2.31. The summed E-state index contributed by atoms with van der Waals surface area (Å²) < 4.78 is 5.20. The minimum Gasteiger partial charge on any atom is -0.497 e. The van der Waals surface area contributed by atoms with Gasteiger partial charge in [0.2, 0.25) is 5.91 Å². The molecule has 0 saturated heterocycles. The quantitative estimate of drug-likeness (QED) is 0.848. The van der Waals surface area contributed by atoms with Crippen molar-refractivity contribution in [1.82, 2.24) is 5.32 Å². The number of benzene rings is 1. The first-order valence-electron chi connectivity index (χ1n) is 7.16. The number of hydrogen-bond donors (Lipinski definition) is 2. The molecule has 3 N–H and O–H groups in total. The van der Waals surface area contributed by atoms with Gasteiger partial charge >= 0.3 is 0 Å². The van der Waals surface area contributed by atoms with Gasteiger partial charge < -0.3 is 15.8 Å². The van der Waals surface area contributed by atoms with Gasteiger partial charge in [0, 0.05) is 6.54 Å². The van der Waals surface area contributed by atoms with E-state index in [4.69, 9.17) is 10.5 Å². The first kappa shape index (κ1) is 17.8. The summed E-state index contributed by atoms with van der Waals surface area (Å²) >= 11 is 0. The van der Waals surface area contributed by atoms with Gasteiger partial charge in [-0.05, 0) is 50.3 Å². The lowest BCUT2D eigenvalue weighted by molar-refractivity contribution is -0.124. The second kappa shape index (κ2) is 7.14. The molecule has 1 aromatic rings. The standard InChI is InChI=1S/C16H24N2O2.ClH/c1-11(12-5-4-6-14(9-12)20-3)15(19)18-16(2,10-17)13-7-8-13;/h4-6,9,11,13H,7-8,10,17H2,1-3H3,(H,18,19);1H. The number of carbonyl (C=O) groups is 1. The molecule has 1 amide bonds. The second-order valence-corrected chi connectivity index (χ2v) is 5.88. The molecule has 0 aromatic heterocycles. The molecule has 0 aliphatic heterocycles. The summed E-state index contributed by atoms with van der Waals surface area (Å²) in [6, 6.07) is 7.63. The van der Waals surface area contributed by atoms with Crippen molar-refractivity contribution in [3.8, 4) is 5.75 Å². The van der Waals surface area contributed by atoms with Crippen molar-refractivity contribution in [1.29, 1.82) is 0 Å². The molecule has 0 spiro atoms. The van der Waals surface area contributed by atoms with Crippen LogP contribution in [0.15, 0.2) is 24.3 Å². The second-order valence-electron chi connectivity index (χ2n) is 5.88. The van der Waals surface area contributed by atoms with Crippen LogP contribution in [-0.2, 0) is 4.79 Å². The van der Waals surface area contributed by atoms with Gasteiger partial charge in [-0.25, -0.2) is 0 Å². The highest BCUT2D eigenvalue weighted by molar-refractivity contribution is 5.85. The van der Waals surface area contributed by atoms with E-state index in [-0.39, 0.29) is 29.8 Å². The molecular weight excluding hydrogens is 288 g/mol. The van der Waals surface area contributed by atoms with Crippen molar-refractivity contribution in [3.05, 3.63) is 29.8 Å². The number of rotatable bonds is 6. The van der Waals surface area contributed by atoms with Crippen molar-refractivity contribution < 1.29 is 9.53 Å². The smallest absolute Gasteiger partial charge is 0.227 e. The summed E-state index contributed by atoms with van der Waals surface area (Å²) in [6.45, 7) is 4.43. The Kier molecular flexibility index (Phi) is 6.05. The van der Waals surface area contributed by atoms with Gasteiger partial charge in [-0.1, -0.05) is 12.1 Å². The van der Waals surface area contributed by atoms with Gasteiger partial charge in [-0.15, -0.1) is 12.4 Å². The first-order chi connectivity index (χ1) is 9.50. The Bertz CT molecular complexity index is 491. The fraction of sp³-hybridized carbons (Fsp3) is 0.562. The predicted octanol–water partition coefficient (Wildman–Crippen LogP) is 2.46. The third kappa shape index (κ3) is 4.11. The van der Waals surface area contributed by atoms with Crippen molar-refractivity contribution in [2.45, 2.75) is 38.1 Å². The number of carbonyl (C=O) groups excluding carboxylic acids is 1. The van der Waals surface area contributed by atoms with E-state index in [2.05, 4.69) is 5.32 Å². The summed E-state index contributed by atoms with van der Waals surface area (Å²) in [5.74, 6) is 1.10. The molecule has 118 valence electrons. The Hall–Kier alpha value is -1.26. The molecule has 4 nitrogen and oxygen atoms in total. The topological polar surface area (TPSA) is 64.3 Å². The van der Waals surface area contributed by atoms with Crippen LogP contribution >= 0.6 is 12.4 Å². The summed E-state index contributed by atoms with van der Waals surface area (Å²) in [5.41, 5.74) is 6.53. The van der Waals surface area contributed by atoms with Crippen LogP contribution in [0, 0.1) is 5.92 Å². The highest BCUT2D eigenvalue weighted by atomic mass is 35.5. The highest BCUT2D eigenvalue weighted by Gasteiger charge is 2.42. The van der Waals surface area contributed by atoms with Gasteiger partial charge in [-0.3, -0.25) is 4.79 Å². The third-order valence-corrected chi connectivity index (χ3v) is 4.30. The number of nitrogens with one attached hydrogen (secondary N) is 1. The number of nitrogens with two attached hydrogens (primary N) is 1. The van der Waals surface area contributed by atoms with E-state index in [9.17, 15) is 4.79 Å². The van der Waals surface area contributed by atoms with Gasteiger partial charge in [0.1, 0.15) is 5.75 Å². The Morgan fingerprint density at radius 1 is 1.52 bits per heavy atom. The van der Waals surface area contributed by atoms with Gasteiger partial charge in [0.25, 0.3) is 0 Å². The van der Waals surface area contributed by atoms with E-state index in [1.54, 1.807) is 7.11 Å². The average Bonchev–Trinajstić information content (AvgIpc) is 3.31. The summed E-state index contributed by atoms with van der Waals surface area (Å²) in [5, 5.41) is 3.14. The van der Waals surface area contributed by atoms with Crippen LogP contribution in [0.1, 0.15) is 38.2 Å². The van der Waals surface area contributed by atoms with Gasteiger partial charge in [0.05, 0.1) is 18.6 Å². The van der Waals surface area contributed by atoms with E-state index in [0.717, 1.165) is 24.2 Å². The molecule has 0 radical (unpaired) electrons. The zero-order valence-corrected chi connectivity index (χ0v) is 13.7. The maximum atomic E-state index is 12.4. The number of hydrogen-bond acceptors (Lipinski definition) is 3. The van der Waals surface area contributed by atoms with E-state index >= 15 is 0 Å². The molecule has 2 unspecified atom stereocenters. The Morgan fingerprint density at radius 3 is 2.71 bits per heavy atom. The van der Waals surface area contributed by atoms with Crippen LogP contribution in [0.4, 0.5) is 0 Å². The molecular formula is C16H25ClN2O2. The third-order valence-electron chi connectivity index (χ3n) is 4.30. The fourth-order valence-electron chi connectivity index (χ4n) is 2.49. The predicted molar refractivity (Wildman–Crippen MR) is 87.0 cm³/mol. The average molecular weight is 313 g/mol. The van der Waals surface area contributed by atoms with Crippen molar-refractivity contribution in [3.63, 3.8) is 0 Å².